The summed E-state index contributed by atoms with van der Waals surface area (Å²) >= 11 is 7.46. The van der Waals surface area contributed by atoms with Gasteiger partial charge in [0.25, 0.3) is 0 Å². The molecule has 0 aliphatic carbocycles. The van der Waals surface area contributed by atoms with Crippen LogP contribution in [0.5, 0.6) is 11.5 Å². The van der Waals surface area contributed by atoms with Gasteiger partial charge in [-0.05, 0) is 55.5 Å². The standard InChI is InChI=1S/C23H20ClN5O2S/c1-2-29-22(16-11-13-25-14-12-16)27-28-23(29)32-15-21(30)26-17-7-9-18(10-8-17)31-20-6-4-3-5-19(20)24/h3-14H,2,15H2,1H3,(H,26,30). The summed E-state index contributed by atoms with van der Waals surface area (Å²) in [7, 11) is 0. The summed E-state index contributed by atoms with van der Waals surface area (Å²) in [6.45, 7) is 2.71. The second-order valence-corrected chi connectivity index (χ2v) is 8.03. The monoisotopic (exact) mass is 465 g/mol. The quantitative estimate of drug-likeness (QED) is 0.344. The molecule has 2 aromatic carbocycles. The molecule has 0 aliphatic rings. The summed E-state index contributed by atoms with van der Waals surface area (Å²) in [5.74, 6) is 2.04. The van der Waals surface area contributed by atoms with Gasteiger partial charge in [-0.25, -0.2) is 0 Å². The molecule has 32 heavy (non-hydrogen) atoms. The van der Waals surface area contributed by atoms with Crippen molar-refractivity contribution in [1.29, 1.82) is 0 Å². The van der Waals surface area contributed by atoms with E-state index in [0.29, 0.717) is 33.9 Å². The second kappa shape index (κ2) is 10.3. The van der Waals surface area contributed by atoms with E-state index in [1.54, 1.807) is 48.8 Å². The van der Waals surface area contributed by atoms with E-state index in [0.717, 1.165) is 11.4 Å². The fourth-order valence-corrected chi connectivity index (χ4v) is 3.96. The fraction of sp³-hybridized carbons (Fsp3) is 0.130. The van der Waals surface area contributed by atoms with Crippen LogP contribution >= 0.6 is 23.4 Å². The highest BCUT2D eigenvalue weighted by Gasteiger charge is 2.14. The van der Waals surface area contributed by atoms with Gasteiger partial charge >= 0.3 is 0 Å². The molecular weight excluding hydrogens is 446 g/mol. The summed E-state index contributed by atoms with van der Waals surface area (Å²) in [4.78, 5) is 16.5. The van der Waals surface area contributed by atoms with Crippen LogP contribution < -0.4 is 10.1 Å². The minimum Gasteiger partial charge on any atom is -0.456 e. The number of nitrogens with one attached hydrogen (secondary N) is 1. The molecule has 0 saturated heterocycles. The van der Waals surface area contributed by atoms with Crippen LogP contribution in [-0.4, -0.2) is 31.4 Å². The zero-order chi connectivity index (χ0) is 22.3. The van der Waals surface area contributed by atoms with Crippen LogP contribution in [0.25, 0.3) is 11.4 Å². The highest BCUT2D eigenvalue weighted by molar-refractivity contribution is 7.99. The van der Waals surface area contributed by atoms with Gasteiger partial charge in [-0.15, -0.1) is 10.2 Å². The van der Waals surface area contributed by atoms with E-state index in [4.69, 9.17) is 16.3 Å². The molecule has 4 aromatic rings. The van der Waals surface area contributed by atoms with E-state index >= 15 is 0 Å². The minimum absolute atomic E-state index is 0.133. The Hall–Kier alpha value is -3.36. The predicted molar refractivity (Wildman–Crippen MR) is 126 cm³/mol. The molecule has 0 unspecified atom stereocenters. The van der Waals surface area contributed by atoms with Crippen molar-refractivity contribution in [2.75, 3.05) is 11.1 Å². The van der Waals surface area contributed by atoms with E-state index in [2.05, 4.69) is 20.5 Å². The lowest BCUT2D eigenvalue weighted by Gasteiger charge is -2.09. The highest BCUT2D eigenvalue weighted by atomic mass is 35.5. The molecule has 0 saturated carbocycles. The first-order valence-electron chi connectivity index (χ1n) is 9.92. The van der Waals surface area contributed by atoms with Gasteiger partial charge < -0.3 is 14.6 Å². The van der Waals surface area contributed by atoms with Crippen molar-refractivity contribution in [3.05, 3.63) is 78.1 Å². The molecule has 1 N–H and O–H groups in total. The molecule has 9 heteroatoms. The molecule has 7 nitrogen and oxygen atoms in total. The number of carbonyl (C=O) groups excluding carboxylic acids is 1. The average molecular weight is 466 g/mol. The lowest BCUT2D eigenvalue weighted by atomic mass is 10.2. The third-order valence-electron chi connectivity index (χ3n) is 4.51. The Morgan fingerprint density at radius 1 is 1.06 bits per heavy atom. The Balaban J connectivity index is 1.34. The number of aromatic nitrogens is 4. The lowest BCUT2D eigenvalue weighted by molar-refractivity contribution is -0.113. The molecule has 0 bridgehead atoms. The molecule has 0 radical (unpaired) electrons. The van der Waals surface area contributed by atoms with Crippen LogP contribution in [0.3, 0.4) is 0 Å². The van der Waals surface area contributed by atoms with Crippen molar-refractivity contribution in [2.24, 2.45) is 0 Å². The van der Waals surface area contributed by atoms with Crippen molar-refractivity contribution in [1.82, 2.24) is 19.7 Å². The summed E-state index contributed by atoms with van der Waals surface area (Å²) < 4.78 is 7.75. The molecule has 0 fully saturated rings. The third kappa shape index (κ3) is 5.27. The van der Waals surface area contributed by atoms with Crippen LogP contribution in [0.1, 0.15) is 6.92 Å². The third-order valence-corrected chi connectivity index (χ3v) is 5.79. The van der Waals surface area contributed by atoms with Crippen molar-refractivity contribution >= 4 is 35.0 Å². The number of rotatable bonds is 8. The number of nitrogens with zero attached hydrogens (tertiary/aromatic N) is 4. The van der Waals surface area contributed by atoms with E-state index in [9.17, 15) is 4.79 Å². The number of hydrogen-bond donors (Lipinski definition) is 1. The van der Waals surface area contributed by atoms with Crippen LogP contribution in [-0.2, 0) is 11.3 Å². The van der Waals surface area contributed by atoms with Crippen LogP contribution in [0, 0.1) is 0 Å². The Morgan fingerprint density at radius 3 is 2.53 bits per heavy atom. The second-order valence-electron chi connectivity index (χ2n) is 6.68. The highest BCUT2D eigenvalue weighted by Crippen LogP contribution is 2.29. The Kier molecular flexibility index (Phi) is 7.03. The zero-order valence-corrected chi connectivity index (χ0v) is 18.8. The predicted octanol–water partition coefficient (Wildman–Crippen LogP) is 5.54. The Bertz CT molecular complexity index is 1200. The SMILES string of the molecule is CCn1c(SCC(=O)Nc2ccc(Oc3ccccc3Cl)cc2)nnc1-c1ccncc1. The zero-order valence-electron chi connectivity index (χ0n) is 17.2. The molecular formula is C23H20ClN5O2S. The summed E-state index contributed by atoms with van der Waals surface area (Å²) in [5.41, 5.74) is 1.61. The number of para-hydroxylation sites is 1. The normalized spacial score (nSPS) is 10.7. The van der Waals surface area contributed by atoms with Crippen molar-refractivity contribution in [3.63, 3.8) is 0 Å². The van der Waals surface area contributed by atoms with Gasteiger partial charge in [0.1, 0.15) is 11.5 Å². The van der Waals surface area contributed by atoms with Crippen LogP contribution in [0.15, 0.2) is 78.2 Å². The number of ether oxygens (including phenoxy) is 1. The van der Waals surface area contributed by atoms with E-state index < -0.39 is 0 Å². The smallest absolute Gasteiger partial charge is 0.234 e. The topological polar surface area (TPSA) is 81.9 Å². The maximum Gasteiger partial charge on any atom is 0.234 e. The molecule has 1 amide bonds. The first-order chi connectivity index (χ1) is 15.6. The molecule has 4 rings (SSSR count). The number of amides is 1. The van der Waals surface area contributed by atoms with Gasteiger partial charge in [-0.3, -0.25) is 9.78 Å². The summed E-state index contributed by atoms with van der Waals surface area (Å²) in [5, 5.41) is 12.6. The largest absolute Gasteiger partial charge is 0.456 e. The van der Waals surface area contributed by atoms with Crippen molar-refractivity contribution in [2.45, 2.75) is 18.6 Å². The number of thioether (sulfide) groups is 1. The Labute approximate surface area is 194 Å². The summed E-state index contributed by atoms with van der Waals surface area (Å²) in [6, 6.07) is 18.2. The molecule has 162 valence electrons. The van der Waals surface area contributed by atoms with Crippen molar-refractivity contribution < 1.29 is 9.53 Å². The number of pyridine rings is 1. The van der Waals surface area contributed by atoms with Gasteiger partial charge in [0.15, 0.2) is 11.0 Å². The van der Waals surface area contributed by atoms with Gasteiger partial charge in [-0.1, -0.05) is 35.5 Å². The number of anilines is 1. The summed E-state index contributed by atoms with van der Waals surface area (Å²) in [6.07, 6.45) is 3.43. The molecule has 0 aliphatic heterocycles. The van der Waals surface area contributed by atoms with Gasteiger partial charge in [0, 0.05) is 30.2 Å². The molecule has 0 spiro atoms. The van der Waals surface area contributed by atoms with E-state index in [-0.39, 0.29) is 11.7 Å². The van der Waals surface area contributed by atoms with Gasteiger partial charge in [0.2, 0.25) is 5.91 Å². The van der Waals surface area contributed by atoms with Crippen molar-refractivity contribution in [3.8, 4) is 22.9 Å². The molecule has 0 atom stereocenters. The first kappa shape index (κ1) is 21.9. The van der Waals surface area contributed by atoms with E-state index in [1.807, 2.05) is 35.8 Å². The lowest BCUT2D eigenvalue weighted by Crippen LogP contribution is -2.14. The average Bonchev–Trinajstić information content (AvgIpc) is 3.24. The molecule has 2 heterocycles. The number of carbonyl (C=O) groups is 1. The van der Waals surface area contributed by atoms with Gasteiger partial charge in [-0.2, -0.15) is 0 Å². The molecule has 2 aromatic heterocycles. The van der Waals surface area contributed by atoms with Crippen LogP contribution in [0.2, 0.25) is 5.02 Å². The van der Waals surface area contributed by atoms with E-state index in [1.165, 1.54) is 11.8 Å². The number of benzene rings is 2. The maximum atomic E-state index is 12.4. The minimum atomic E-state index is -0.133. The fourth-order valence-electron chi connectivity index (χ4n) is 2.98. The first-order valence-corrected chi connectivity index (χ1v) is 11.3. The Morgan fingerprint density at radius 2 is 1.81 bits per heavy atom. The maximum absolute atomic E-state index is 12.4. The van der Waals surface area contributed by atoms with Gasteiger partial charge in [0.05, 0.1) is 10.8 Å². The number of halogens is 1. The van der Waals surface area contributed by atoms with Crippen LogP contribution in [0.4, 0.5) is 5.69 Å². The number of hydrogen-bond acceptors (Lipinski definition) is 6.